The molecule has 1 aromatic carbocycles. The van der Waals surface area contributed by atoms with E-state index in [-0.39, 0.29) is 0 Å². The van der Waals surface area contributed by atoms with Crippen molar-refractivity contribution in [3.8, 4) is 0 Å². The van der Waals surface area contributed by atoms with E-state index in [0.717, 1.165) is 23.2 Å². The van der Waals surface area contributed by atoms with Crippen LogP contribution in [0.5, 0.6) is 0 Å². The molecule has 1 saturated heterocycles. The Bertz CT molecular complexity index is 610. The molecule has 3 rings (SSSR count). The Morgan fingerprint density at radius 1 is 1.15 bits per heavy atom. The van der Waals surface area contributed by atoms with Crippen molar-refractivity contribution in [1.82, 2.24) is 9.88 Å². The minimum absolute atomic E-state index is 0.803. The van der Waals surface area contributed by atoms with Crippen molar-refractivity contribution in [1.29, 1.82) is 0 Å². The van der Waals surface area contributed by atoms with Crippen molar-refractivity contribution in [2.24, 2.45) is 0 Å². The average molecular weight is 270 g/mol. The molecule has 3 nitrogen and oxygen atoms in total. The van der Waals surface area contributed by atoms with E-state index in [9.17, 15) is 5.11 Å². The molecule has 1 aliphatic heterocycles. The molecule has 3 heteroatoms. The first-order chi connectivity index (χ1) is 9.52. The molecule has 1 fully saturated rings. The van der Waals surface area contributed by atoms with Crippen molar-refractivity contribution in [2.75, 3.05) is 13.1 Å². The summed E-state index contributed by atoms with van der Waals surface area (Å²) in [6, 6.07) is 8.28. The van der Waals surface area contributed by atoms with Gasteiger partial charge in [0.1, 0.15) is 0 Å². The van der Waals surface area contributed by atoms with Gasteiger partial charge >= 0.3 is 0 Å². The van der Waals surface area contributed by atoms with Crippen LogP contribution < -0.4 is 0 Å². The molecule has 0 bridgehead atoms. The summed E-state index contributed by atoms with van der Waals surface area (Å²) in [5.41, 5.74) is 1.26. The predicted molar refractivity (Wildman–Crippen MR) is 81.5 cm³/mol. The Hall–Kier alpha value is -1.45. The largest absolute Gasteiger partial charge is 0.386 e. The molecule has 2 heterocycles. The van der Waals surface area contributed by atoms with E-state index in [1.807, 2.05) is 32.2 Å². The number of benzene rings is 1. The SMILES string of the molecule is CC(C)(O)c1ccc2cc(CN3CCCC3)ncc2c1. The van der Waals surface area contributed by atoms with E-state index in [4.69, 9.17) is 0 Å². The molecule has 0 aliphatic carbocycles. The van der Waals surface area contributed by atoms with Crippen LogP contribution in [0.15, 0.2) is 30.5 Å². The van der Waals surface area contributed by atoms with Crippen molar-refractivity contribution < 1.29 is 5.11 Å². The number of fused-ring (bicyclic) bond motifs is 1. The van der Waals surface area contributed by atoms with Gasteiger partial charge in [0.2, 0.25) is 0 Å². The van der Waals surface area contributed by atoms with Gasteiger partial charge < -0.3 is 5.11 Å². The summed E-state index contributed by atoms with van der Waals surface area (Å²) in [6.45, 7) is 6.95. The lowest BCUT2D eigenvalue weighted by atomic mass is 9.96. The second-order valence-corrected chi connectivity index (χ2v) is 6.28. The third-order valence-electron chi connectivity index (χ3n) is 4.07. The van der Waals surface area contributed by atoms with Gasteiger partial charge in [-0.2, -0.15) is 0 Å². The summed E-state index contributed by atoms with van der Waals surface area (Å²) in [7, 11) is 0. The van der Waals surface area contributed by atoms with E-state index in [1.54, 1.807) is 0 Å². The van der Waals surface area contributed by atoms with Gasteiger partial charge in [0, 0.05) is 18.1 Å². The highest BCUT2D eigenvalue weighted by atomic mass is 16.3. The molecule has 106 valence electrons. The first kappa shape index (κ1) is 13.5. The van der Waals surface area contributed by atoms with Gasteiger partial charge in [-0.25, -0.2) is 0 Å². The molecular weight excluding hydrogens is 248 g/mol. The smallest absolute Gasteiger partial charge is 0.0840 e. The van der Waals surface area contributed by atoms with Crippen molar-refractivity contribution >= 4 is 10.8 Å². The fraction of sp³-hybridized carbons (Fsp3) is 0.471. The number of nitrogens with zero attached hydrogens (tertiary/aromatic N) is 2. The maximum absolute atomic E-state index is 10.1. The highest BCUT2D eigenvalue weighted by molar-refractivity contribution is 5.82. The Morgan fingerprint density at radius 2 is 1.90 bits per heavy atom. The highest BCUT2D eigenvalue weighted by Gasteiger charge is 2.16. The molecule has 0 atom stereocenters. The Balaban J connectivity index is 1.88. The minimum atomic E-state index is -0.803. The summed E-state index contributed by atoms with van der Waals surface area (Å²) in [6.07, 6.45) is 4.54. The monoisotopic (exact) mass is 270 g/mol. The second kappa shape index (κ2) is 5.15. The number of aromatic nitrogens is 1. The van der Waals surface area contributed by atoms with E-state index in [2.05, 4.69) is 22.0 Å². The zero-order chi connectivity index (χ0) is 14.2. The maximum atomic E-state index is 10.1. The van der Waals surface area contributed by atoms with Crippen LogP contribution in [0.4, 0.5) is 0 Å². The third kappa shape index (κ3) is 2.84. The number of pyridine rings is 1. The minimum Gasteiger partial charge on any atom is -0.386 e. The molecule has 1 N–H and O–H groups in total. The topological polar surface area (TPSA) is 36.4 Å². The first-order valence-electron chi connectivity index (χ1n) is 7.36. The molecule has 0 unspecified atom stereocenters. The van der Waals surface area contributed by atoms with Gasteiger partial charge in [-0.3, -0.25) is 9.88 Å². The van der Waals surface area contributed by atoms with E-state index < -0.39 is 5.60 Å². The number of aliphatic hydroxyl groups is 1. The first-order valence-corrected chi connectivity index (χ1v) is 7.36. The Kier molecular flexibility index (Phi) is 3.48. The summed E-state index contributed by atoms with van der Waals surface area (Å²) >= 11 is 0. The summed E-state index contributed by atoms with van der Waals surface area (Å²) < 4.78 is 0. The van der Waals surface area contributed by atoms with Gasteiger partial charge in [-0.1, -0.05) is 12.1 Å². The number of hydrogen-bond donors (Lipinski definition) is 1. The molecule has 0 amide bonds. The van der Waals surface area contributed by atoms with Gasteiger partial charge in [0.15, 0.2) is 0 Å². The van der Waals surface area contributed by atoms with Crippen LogP contribution in [-0.4, -0.2) is 28.1 Å². The maximum Gasteiger partial charge on any atom is 0.0840 e. The zero-order valence-electron chi connectivity index (χ0n) is 12.3. The van der Waals surface area contributed by atoms with E-state index in [0.29, 0.717) is 0 Å². The van der Waals surface area contributed by atoms with Crippen LogP contribution >= 0.6 is 0 Å². The van der Waals surface area contributed by atoms with Crippen LogP contribution in [-0.2, 0) is 12.1 Å². The molecule has 0 spiro atoms. The van der Waals surface area contributed by atoms with E-state index in [1.165, 1.54) is 31.3 Å². The van der Waals surface area contributed by atoms with E-state index >= 15 is 0 Å². The molecule has 20 heavy (non-hydrogen) atoms. The van der Waals surface area contributed by atoms with Gasteiger partial charge in [0.05, 0.1) is 11.3 Å². The quantitative estimate of drug-likeness (QED) is 0.931. The lowest BCUT2D eigenvalue weighted by molar-refractivity contribution is 0.0787. The Labute approximate surface area is 120 Å². The molecular formula is C17H22N2O. The molecule has 0 radical (unpaired) electrons. The van der Waals surface area contributed by atoms with Crippen molar-refractivity contribution in [2.45, 2.75) is 38.8 Å². The second-order valence-electron chi connectivity index (χ2n) is 6.28. The van der Waals surface area contributed by atoms with Crippen molar-refractivity contribution in [3.05, 3.63) is 41.7 Å². The molecule has 2 aromatic rings. The summed E-state index contributed by atoms with van der Waals surface area (Å²) in [5, 5.41) is 12.4. The van der Waals surface area contributed by atoms with Crippen LogP contribution in [0.1, 0.15) is 37.9 Å². The summed E-state index contributed by atoms with van der Waals surface area (Å²) in [5.74, 6) is 0. The average Bonchev–Trinajstić information content (AvgIpc) is 2.90. The number of rotatable bonds is 3. The summed E-state index contributed by atoms with van der Waals surface area (Å²) in [4.78, 5) is 7.03. The Morgan fingerprint density at radius 3 is 2.60 bits per heavy atom. The van der Waals surface area contributed by atoms with Gasteiger partial charge in [0.25, 0.3) is 0 Å². The van der Waals surface area contributed by atoms with Gasteiger partial charge in [-0.15, -0.1) is 0 Å². The van der Waals surface area contributed by atoms with Crippen LogP contribution in [0, 0.1) is 0 Å². The van der Waals surface area contributed by atoms with Crippen LogP contribution in [0.3, 0.4) is 0 Å². The normalized spacial score (nSPS) is 16.9. The third-order valence-corrected chi connectivity index (χ3v) is 4.07. The predicted octanol–water partition coefficient (Wildman–Crippen LogP) is 3.06. The fourth-order valence-corrected chi connectivity index (χ4v) is 2.82. The van der Waals surface area contributed by atoms with Crippen LogP contribution in [0.2, 0.25) is 0 Å². The number of hydrogen-bond acceptors (Lipinski definition) is 3. The van der Waals surface area contributed by atoms with Gasteiger partial charge in [-0.05, 0) is 62.9 Å². The lowest BCUT2D eigenvalue weighted by Crippen LogP contribution is -2.19. The number of likely N-dealkylation sites (tertiary alicyclic amines) is 1. The molecule has 1 aromatic heterocycles. The zero-order valence-corrected chi connectivity index (χ0v) is 12.3. The van der Waals surface area contributed by atoms with Crippen molar-refractivity contribution in [3.63, 3.8) is 0 Å². The molecule has 0 saturated carbocycles. The fourth-order valence-electron chi connectivity index (χ4n) is 2.82. The standard InChI is InChI=1S/C17H22N2O/c1-17(2,20)15-6-5-13-10-16(18-11-14(13)9-15)12-19-7-3-4-8-19/h5-6,9-11,20H,3-4,7-8,12H2,1-2H3. The lowest BCUT2D eigenvalue weighted by Gasteiger charge is -2.18. The van der Waals surface area contributed by atoms with Crippen LogP contribution in [0.25, 0.3) is 10.8 Å². The highest BCUT2D eigenvalue weighted by Crippen LogP contribution is 2.24. The molecule has 1 aliphatic rings.